The normalized spacial score (nSPS) is 13.8. The number of nitrogens with one attached hydrogen (secondary N) is 1. The summed E-state index contributed by atoms with van der Waals surface area (Å²) >= 11 is 3.40. The van der Waals surface area contributed by atoms with Gasteiger partial charge in [-0.15, -0.1) is 0 Å². The molecule has 2 nitrogen and oxygen atoms in total. The molecule has 0 aliphatic carbocycles. The van der Waals surface area contributed by atoms with Gasteiger partial charge in [0.1, 0.15) is 0 Å². The average Bonchev–Trinajstić information content (AvgIpc) is 2.27. The van der Waals surface area contributed by atoms with Crippen LogP contribution in [0.4, 0.5) is 13.2 Å². The highest BCUT2D eigenvalue weighted by Crippen LogP contribution is 2.14. The molecule has 0 spiro atoms. The van der Waals surface area contributed by atoms with Gasteiger partial charge in [-0.3, -0.25) is 4.90 Å². The van der Waals surface area contributed by atoms with Crippen molar-refractivity contribution in [2.24, 2.45) is 0 Å². The molecule has 0 aliphatic rings. The Bertz CT molecular complexity index is 396. The van der Waals surface area contributed by atoms with Gasteiger partial charge in [0.15, 0.2) is 0 Å². The first-order valence-electron chi connectivity index (χ1n) is 6.00. The van der Waals surface area contributed by atoms with Gasteiger partial charge in [0.05, 0.1) is 6.54 Å². The van der Waals surface area contributed by atoms with E-state index >= 15 is 0 Å². The van der Waals surface area contributed by atoms with Crippen LogP contribution in [-0.2, 0) is 6.54 Å². The van der Waals surface area contributed by atoms with E-state index in [-0.39, 0.29) is 6.04 Å². The van der Waals surface area contributed by atoms with Crippen molar-refractivity contribution in [1.29, 1.82) is 0 Å². The lowest BCUT2D eigenvalue weighted by Crippen LogP contribution is -2.40. The first-order valence-corrected chi connectivity index (χ1v) is 6.79. The van der Waals surface area contributed by atoms with Crippen molar-refractivity contribution >= 4 is 15.9 Å². The van der Waals surface area contributed by atoms with Crippen LogP contribution in [0.1, 0.15) is 12.5 Å². The van der Waals surface area contributed by atoms with Crippen LogP contribution in [0, 0.1) is 0 Å². The molecule has 0 amide bonds. The summed E-state index contributed by atoms with van der Waals surface area (Å²) in [7, 11) is 1.90. The standard InChI is InChI=1S/C13H18BrF3N2/c1-10(7-18-9-13(15,16)17)19(2)8-11-4-3-5-12(14)6-11/h3-6,10,18H,7-9H2,1-2H3. The van der Waals surface area contributed by atoms with Gasteiger partial charge in [-0.25, -0.2) is 0 Å². The lowest BCUT2D eigenvalue weighted by molar-refractivity contribution is -0.125. The molecule has 0 heterocycles. The van der Waals surface area contributed by atoms with E-state index in [2.05, 4.69) is 21.2 Å². The summed E-state index contributed by atoms with van der Waals surface area (Å²) in [4.78, 5) is 2.02. The Morgan fingerprint density at radius 2 is 2.05 bits per heavy atom. The van der Waals surface area contributed by atoms with Gasteiger partial charge in [0.25, 0.3) is 0 Å². The third-order valence-electron chi connectivity index (χ3n) is 2.84. The highest BCUT2D eigenvalue weighted by Gasteiger charge is 2.26. The highest BCUT2D eigenvalue weighted by atomic mass is 79.9. The Morgan fingerprint density at radius 1 is 1.37 bits per heavy atom. The molecule has 19 heavy (non-hydrogen) atoms. The Kier molecular flexibility index (Phi) is 6.29. The first kappa shape index (κ1) is 16.5. The van der Waals surface area contributed by atoms with E-state index in [0.717, 1.165) is 10.0 Å². The van der Waals surface area contributed by atoms with Crippen LogP contribution in [0.3, 0.4) is 0 Å². The molecular formula is C13H18BrF3N2. The summed E-state index contributed by atoms with van der Waals surface area (Å²) < 4.78 is 37.1. The van der Waals surface area contributed by atoms with Gasteiger partial charge in [-0.1, -0.05) is 28.1 Å². The second kappa shape index (κ2) is 7.26. The summed E-state index contributed by atoms with van der Waals surface area (Å²) in [6, 6.07) is 7.92. The molecular weight excluding hydrogens is 321 g/mol. The molecule has 0 aliphatic heterocycles. The lowest BCUT2D eigenvalue weighted by Gasteiger charge is -2.25. The molecule has 0 bridgehead atoms. The molecule has 1 aromatic carbocycles. The maximum absolute atomic E-state index is 12.0. The van der Waals surface area contributed by atoms with Crippen molar-refractivity contribution in [1.82, 2.24) is 10.2 Å². The topological polar surface area (TPSA) is 15.3 Å². The number of benzene rings is 1. The first-order chi connectivity index (χ1) is 8.78. The quantitative estimate of drug-likeness (QED) is 0.854. The number of hydrogen-bond acceptors (Lipinski definition) is 2. The van der Waals surface area contributed by atoms with E-state index < -0.39 is 12.7 Å². The van der Waals surface area contributed by atoms with Crippen molar-refractivity contribution in [3.05, 3.63) is 34.3 Å². The van der Waals surface area contributed by atoms with Crippen LogP contribution >= 0.6 is 15.9 Å². The largest absolute Gasteiger partial charge is 0.401 e. The molecule has 0 saturated carbocycles. The second-order valence-electron chi connectivity index (χ2n) is 4.64. The molecule has 0 fully saturated rings. The number of rotatable bonds is 6. The Balaban J connectivity index is 2.38. The lowest BCUT2D eigenvalue weighted by atomic mass is 10.2. The molecule has 108 valence electrons. The summed E-state index contributed by atoms with van der Waals surface area (Å²) in [5.41, 5.74) is 1.12. The van der Waals surface area contributed by atoms with Gasteiger partial charge in [0, 0.05) is 23.6 Å². The van der Waals surface area contributed by atoms with Gasteiger partial charge in [-0.05, 0) is 31.7 Å². The highest BCUT2D eigenvalue weighted by molar-refractivity contribution is 9.10. The minimum atomic E-state index is -4.15. The second-order valence-corrected chi connectivity index (χ2v) is 5.56. The van der Waals surface area contributed by atoms with Crippen LogP contribution in [0.15, 0.2) is 28.7 Å². The summed E-state index contributed by atoms with van der Waals surface area (Å²) in [5.74, 6) is 0. The molecule has 1 unspecified atom stereocenters. The Hall–Kier alpha value is -0.590. The number of halogens is 4. The molecule has 1 aromatic rings. The fourth-order valence-electron chi connectivity index (χ4n) is 1.66. The number of likely N-dealkylation sites (N-methyl/N-ethyl adjacent to an activating group) is 1. The van der Waals surface area contributed by atoms with Crippen LogP contribution in [0.2, 0.25) is 0 Å². The monoisotopic (exact) mass is 338 g/mol. The van der Waals surface area contributed by atoms with Crippen molar-refractivity contribution in [3.8, 4) is 0 Å². The minimum absolute atomic E-state index is 0.0290. The van der Waals surface area contributed by atoms with E-state index in [1.54, 1.807) is 0 Å². The molecule has 1 N–H and O–H groups in total. The fraction of sp³-hybridized carbons (Fsp3) is 0.538. The van der Waals surface area contributed by atoms with Crippen molar-refractivity contribution < 1.29 is 13.2 Å². The molecule has 0 radical (unpaired) electrons. The Labute approximate surface area is 120 Å². The predicted octanol–water partition coefficient (Wildman–Crippen LogP) is 3.42. The average molecular weight is 339 g/mol. The molecule has 1 atom stereocenters. The number of alkyl halides is 3. The molecule has 0 aromatic heterocycles. The smallest absolute Gasteiger partial charge is 0.307 e. The van der Waals surface area contributed by atoms with E-state index in [9.17, 15) is 13.2 Å². The van der Waals surface area contributed by atoms with Crippen molar-refractivity contribution in [3.63, 3.8) is 0 Å². The number of hydrogen-bond donors (Lipinski definition) is 1. The van der Waals surface area contributed by atoms with E-state index in [0.29, 0.717) is 13.1 Å². The van der Waals surface area contributed by atoms with Crippen LogP contribution in [0.25, 0.3) is 0 Å². The molecule has 6 heteroatoms. The third kappa shape index (κ3) is 6.94. The summed E-state index contributed by atoms with van der Waals surface area (Å²) in [5, 5.41) is 2.43. The zero-order chi connectivity index (χ0) is 14.5. The molecule has 0 saturated heterocycles. The van der Waals surface area contributed by atoms with Gasteiger partial charge < -0.3 is 5.32 Å². The summed E-state index contributed by atoms with van der Waals surface area (Å²) in [6.07, 6.45) is -4.15. The molecule has 1 rings (SSSR count). The van der Waals surface area contributed by atoms with Gasteiger partial charge >= 0.3 is 6.18 Å². The number of nitrogens with zero attached hydrogens (tertiary/aromatic N) is 1. The maximum atomic E-state index is 12.0. The Morgan fingerprint density at radius 3 is 2.63 bits per heavy atom. The van der Waals surface area contributed by atoms with E-state index in [1.165, 1.54) is 0 Å². The zero-order valence-electron chi connectivity index (χ0n) is 11.0. The SMILES string of the molecule is CC(CNCC(F)(F)F)N(C)Cc1cccc(Br)c1. The van der Waals surface area contributed by atoms with Crippen molar-refractivity contribution in [2.75, 3.05) is 20.1 Å². The van der Waals surface area contributed by atoms with E-state index in [4.69, 9.17) is 0 Å². The van der Waals surface area contributed by atoms with Crippen LogP contribution < -0.4 is 5.32 Å². The fourth-order valence-corrected chi connectivity index (χ4v) is 2.10. The minimum Gasteiger partial charge on any atom is -0.307 e. The third-order valence-corrected chi connectivity index (χ3v) is 3.33. The van der Waals surface area contributed by atoms with Gasteiger partial charge in [-0.2, -0.15) is 13.2 Å². The summed E-state index contributed by atoms with van der Waals surface area (Å²) in [6.45, 7) is 1.97. The maximum Gasteiger partial charge on any atom is 0.401 e. The van der Waals surface area contributed by atoms with Crippen LogP contribution in [-0.4, -0.2) is 37.3 Å². The van der Waals surface area contributed by atoms with Gasteiger partial charge in [0.2, 0.25) is 0 Å². The zero-order valence-corrected chi connectivity index (χ0v) is 12.6. The van der Waals surface area contributed by atoms with Crippen LogP contribution in [0.5, 0.6) is 0 Å². The van der Waals surface area contributed by atoms with Crippen molar-refractivity contribution in [2.45, 2.75) is 25.7 Å². The van der Waals surface area contributed by atoms with E-state index in [1.807, 2.05) is 43.1 Å². The predicted molar refractivity (Wildman–Crippen MR) is 74.0 cm³/mol.